The SMILES string of the molecule is CN1C(=O)NC(=O)C2C1N=C1N(c3cccc(Cl)c3)C(c3ccc(F)cc3)=CN12. The van der Waals surface area contributed by atoms with Crippen LogP contribution in [-0.2, 0) is 4.79 Å². The molecule has 1 fully saturated rings. The smallest absolute Gasteiger partial charge is 0.303 e. The maximum atomic E-state index is 13.5. The molecular weight excluding hydrogens is 397 g/mol. The number of halogens is 2. The molecule has 9 heteroatoms. The Bertz CT molecular complexity index is 1100. The third-order valence-corrected chi connectivity index (χ3v) is 5.42. The van der Waals surface area contributed by atoms with Crippen LogP contribution in [0.3, 0.4) is 0 Å². The van der Waals surface area contributed by atoms with E-state index in [4.69, 9.17) is 11.6 Å². The summed E-state index contributed by atoms with van der Waals surface area (Å²) >= 11 is 6.20. The Morgan fingerprint density at radius 3 is 2.62 bits per heavy atom. The number of nitrogens with zero attached hydrogens (tertiary/aromatic N) is 4. The summed E-state index contributed by atoms with van der Waals surface area (Å²) in [5, 5.41) is 2.90. The fraction of sp³-hybridized carbons (Fsp3) is 0.150. The van der Waals surface area contributed by atoms with Crippen molar-refractivity contribution in [3.05, 3.63) is 71.1 Å². The largest absolute Gasteiger partial charge is 0.325 e. The van der Waals surface area contributed by atoms with Crippen molar-refractivity contribution in [2.24, 2.45) is 4.99 Å². The number of hydrogen-bond acceptors (Lipinski definition) is 5. The molecule has 3 aliphatic rings. The van der Waals surface area contributed by atoms with Crippen molar-refractivity contribution in [2.75, 3.05) is 11.9 Å². The van der Waals surface area contributed by atoms with E-state index in [2.05, 4.69) is 10.3 Å². The minimum Gasteiger partial charge on any atom is -0.303 e. The van der Waals surface area contributed by atoms with Crippen LogP contribution in [-0.4, -0.2) is 47.0 Å². The van der Waals surface area contributed by atoms with Crippen LogP contribution < -0.4 is 10.2 Å². The molecule has 5 rings (SSSR count). The lowest BCUT2D eigenvalue weighted by atomic mass is 10.1. The molecule has 7 nitrogen and oxygen atoms in total. The normalized spacial score (nSPS) is 22.9. The van der Waals surface area contributed by atoms with Crippen molar-refractivity contribution in [3.63, 3.8) is 0 Å². The number of carbonyl (C=O) groups is 2. The Kier molecular flexibility index (Phi) is 3.85. The van der Waals surface area contributed by atoms with Crippen LogP contribution >= 0.6 is 11.6 Å². The molecule has 2 aromatic carbocycles. The van der Waals surface area contributed by atoms with Crippen LogP contribution in [0, 0.1) is 5.82 Å². The van der Waals surface area contributed by atoms with E-state index in [1.165, 1.54) is 17.0 Å². The van der Waals surface area contributed by atoms with Gasteiger partial charge in [-0.1, -0.05) is 17.7 Å². The van der Waals surface area contributed by atoms with E-state index in [0.29, 0.717) is 11.0 Å². The first-order valence-corrected chi connectivity index (χ1v) is 9.29. The molecule has 2 atom stereocenters. The summed E-state index contributed by atoms with van der Waals surface area (Å²) in [5.74, 6) is -0.260. The first kappa shape index (κ1) is 17.7. The molecule has 3 amide bonds. The Morgan fingerprint density at radius 2 is 1.90 bits per heavy atom. The Morgan fingerprint density at radius 1 is 1.14 bits per heavy atom. The van der Waals surface area contributed by atoms with Crippen LogP contribution in [0.15, 0.2) is 59.7 Å². The molecule has 1 saturated heterocycles. The van der Waals surface area contributed by atoms with Gasteiger partial charge < -0.3 is 4.90 Å². The van der Waals surface area contributed by atoms with E-state index in [1.54, 1.807) is 42.4 Å². The number of hydrogen-bond donors (Lipinski definition) is 1. The van der Waals surface area contributed by atoms with Crippen LogP contribution in [0.4, 0.5) is 14.9 Å². The number of benzene rings is 2. The molecule has 29 heavy (non-hydrogen) atoms. The number of nitrogens with one attached hydrogen (secondary N) is 1. The number of amides is 3. The average Bonchev–Trinajstić information content (AvgIpc) is 3.23. The lowest BCUT2D eigenvalue weighted by Crippen LogP contribution is -2.62. The van der Waals surface area contributed by atoms with E-state index < -0.39 is 24.1 Å². The van der Waals surface area contributed by atoms with Gasteiger partial charge in [0.15, 0.2) is 12.2 Å². The summed E-state index contributed by atoms with van der Waals surface area (Å²) in [7, 11) is 1.60. The summed E-state index contributed by atoms with van der Waals surface area (Å²) in [6.45, 7) is 0. The second-order valence-electron chi connectivity index (χ2n) is 6.94. The number of guanidine groups is 1. The minimum absolute atomic E-state index is 0.341. The molecule has 0 radical (unpaired) electrons. The summed E-state index contributed by atoms with van der Waals surface area (Å²) in [6.07, 6.45) is 1.15. The maximum absolute atomic E-state index is 13.5. The molecule has 0 aromatic heterocycles. The van der Waals surface area contributed by atoms with Crippen molar-refractivity contribution >= 4 is 40.9 Å². The zero-order valence-corrected chi connectivity index (χ0v) is 16.0. The highest BCUT2D eigenvalue weighted by atomic mass is 35.5. The Balaban J connectivity index is 1.65. The highest BCUT2D eigenvalue weighted by Gasteiger charge is 2.52. The Hall–Kier alpha value is -3.39. The first-order valence-electron chi connectivity index (χ1n) is 8.91. The lowest BCUT2D eigenvalue weighted by Gasteiger charge is -2.34. The van der Waals surface area contributed by atoms with E-state index in [1.807, 2.05) is 17.0 Å². The van der Waals surface area contributed by atoms with Gasteiger partial charge in [0, 0.05) is 23.8 Å². The highest BCUT2D eigenvalue weighted by molar-refractivity contribution is 6.31. The Labute approximate surface area is 170 Å². The van der Waals surface area contributed by atoms with Crippen molar-refractivity contribution in [1.29, 1.82) is 0 Å². The molecule has 0 saturated carbocycles. The van der Waals surface area contributed by atoms with Gasteiger partial charge in [-0.3, -0.25) is 19.9 Å². The van der Waals surface area contributed by atoms with E-state index in [0.717, 1.165) is 16.9 Å². The molecule has 2 aromatic rings. The number of fused-ring (bicyclic) bond motifs is 3. The number of imide groups is 1. The van der Waals surface area contributed by atoms with Gasteiger partial charge in [-0.15, -0.1) is 0 Å². The molecule has 0 spiro atoms. The lowest BCUT2D eigenvalue weighted by molar-refractivity contribution is -0.126. The van der Waals surface area contributed by atoms with Gasteiger partial charge >= 0.3 is 6.03 Å². The summed E-state index contributed by atoms with van der Waals surface area (Å²) in [6, 6.07) is 12.1. The van der Waals surface area contributed by atoms with Crippen LogP contribution in [0.1, 0.15) is 5.56 Å². The minimum atomic E-state index is -0.688. The van der Waals surface area contributed by atoms with Gasteiger partial charge in [0.1, 0.15) is 5.82 Å². The van der Waals surface area contributed by atoms with Gasteiger partial charge in [-0.25, -0.2) is 14.2 Å². The number of aliphatic imine (C=N–C) groups is 1. The van der Waals surface area contributed by atoms with Gasteiger partial charge in [0.2, 0.25) is 5.96 Å². The van der Waals surface area contributed by atoms with E-state index >= 15 is 0 Å². The predicted octanol–water partition coefficient (Wildman–Crippen LogP) is 2.85. The van der Waals surface area contributed by atoms with Crippen molar-refractivity contribution < 1.29 is 14.0 Å². The number of anilines is 1. The molecule has 1 N–H and O–H groups in total. The van der Waals surface area contributed by atoms with Gasteiger partial charge in [0.05, 0.1) is 11.4 Å². The van der Waals surface area contributed by atoms with Crippen molar-refractivity contribution in [2.45, 2.75) is 12.2 Å². The second-order valence-corrected chi connectivity index (χ2v) is 7.37. The fourth-order valence-corrected chi connectivity index (χ4v) is 3.96. The number of urea groups is 1. The molecular formula is C20H15ClFN5O2. The monoisotopic (exact) mass is 411 g/mol. The van der Waals surface area contributed by atoms with Crippen LogP contribution in [0.5, 0.6) is 0 Å². The highest BCUT2D eigenvalue weighted by Crippen LogP contribution is 2.39. The first-order chi connectivity index (χ1) is 13.9. The summed E-state index contributed by atoms with van der Waals surface area (Å²) in [4.78, 5) is 34.2. The zero-order valence-electron chi connectivity index (χ0n) is 15.2. The van der Waals surface area contributed by atoms with Crippen molar-refractivity contribution in [1.82, 2.24) is 15.1 Å². The van der Waals surface area contributed by atoms with E-state index in [-0.39, 0.29) is 5.82 Å². The molecule has 0 bridgehead atoms. The topological polar surface area (TPSA) is 68.2 Å². The maximum Gasteiger partial charge on any atom is 0.325 e. The third-order valence-electron chi connectivity index (χ3n) is 5.19. The number of rotatable bonds is 2. The molecule has 3 aliphatic heterocycles. The van der Waals surface area contributed by atoms with Gasteiger partial charge in [-0.05, 0) is 42.5 Å². The fourth-order valence-electron chi connectivity index (χ4n) is 3.77. The number of carbonyl (C=O) groups excluding carboxylic acids is 2. The molecule has 0 aliphatic carbocycles. The quantitative estimate of drug-likeness (QED) is 0.825. The zero-order chi connectivity index (χ0) is 20.3. The number of likely N-dealkylation sites (N-methyl/N-ethyl adjacent to an activating group) is 1. The van der Waals surface area contributed by atoms with Crippen LogP contribution in [0.25, 0.3) is 5.70 Å². The van der Waals surface area contributed by atoms with Gasteiger partial charge in [-0.2, -0.15) is 0 Å². The summed E-state index contributed by atoms with van der Waals surface area (Å²) < 4.78 is 13.5. The molecule has 146 valence electrons. The predicted molar refractivity (Wildman–Crippen MR) is 106 cm³/mol. The van der Waals surface area contributed by atoms with Crippen molar-refractivity contribution in [3.8, 4) is 0 Å². The average molecular weight is 412 g/mol. The molecule has 3 heterocycles. The van der Waals surface area contributed by atoms with E-state index in [9.17, 15) is 14.0 Å². The second kappa shape index (κ2) is 6.31. The molecule has 2 unspecified atom stereocenters. The third kappa shape index (κ3) is 2.67. The van der Waals surface area contributed by atoms with Crippen LogP contribution in [0.2, 0.25) is 5.02 Å². The summed E-state index contributed by atoms with van der Waals surface area (Å²) in [5.41, 5.74) is 2.21. The standard InChI is InChI=1S/C20H15ClFN5O2/c1-25-17-16(18(28)24-20(25)29)26-10-15(11-5-7-13(22)8-6-11)27(19(26)23-17)14-4-2-3-12(21)9-14/h2-10,16-17H,1H3,(H,24,28,29). The van der Waals surface area contributed by atoms with Gasteiger partial charge in [0.25, 0.3) is 5.91 Å².